The van der Waals surface area contributed by atoms with E-state index in [0.29, 0.717) is 51.4 Å². The van der Waals surface area contributed by atoms with E-state index < -0.39 is 48.0 Å². The van der Waals surface area contributed by atoms with E-state index in [2.05, 4.69) is 26.3 Å². The molecule has 17 nitrogen and oxygen atoms in total. The van der Waals surface area contributed by atoms with Crippen LogP contribution in [0, 0.1) is 5.92 Å². The SMILES string of the molecule is CC(C)C[C@H](NC(=O)C(Cc1cscn1)NC(=O)[C@H](Cc1cccc2ccccc12)NC(=O)CN1CCOCC1)[C@@H](O)CC(=O)N[C@H](CO)CCCCN.Cl.Cl.Cl.O.O.O. The number of thiazole rings is 1. The second-order valence-corrected chi connectivity index (χ2v) is 15.1. The summed E-state index contributed by atoms with van der Waals surface area (Å²) in [5, 5.41) is 36.3. The lowest BCUT2D eigenvalue weighted by Gasteiger charge is -2.29. The summed E-state index contributed by atoms with van der Waals surface area (Å²) < 4.78 is 5.42. The minimum Gasteiger partial charge on any atom is -0.412 e. The summed E-state index contributed by atoms with van der Waals surface area (Å²) in [5.74, 6) is -1.82. The number of rotatable bonds is 22. The van der Waals surface area contributed by atoms with Crippen LogP contribution >= 0.6 is 48.6 Å². The van der Waals surface area contributed by atoms with Gasteiger partial charge in [0, 0.05) is 31.3 Å². The maximum atomic E-state index is 14.2. The van der Waals surface area contributed by atoms with Crippen molar-refractivity contribution in [3.63, 3.8) is 0 Å². The van der Waals surface area contributed by atoms with E-state index in [9.17, 15) is 29.4 Å². The predicted molar refractivity (Wildman–Crippen MR) is 241 cm³/mol. The number of benzene rings is 2. The smallest absolute Gasteiger partial charge is 0.243 e. The predicted octanol–water partition coefficient (Wildman–Crippen LogP) is 0.0626. The van der Waals surface area contributed by atoms with E-state index >= 15 is 0 Å². The zero-order valence-corrected chi connectivity index (χ0v) is 37.4. The van der Waals surface area contributed by atoms with Crippen molar-refractivity contribution < 1.29 is 50.6 Å². The lowest BCUT2D eigenvalue weighted by Crippen LogP contribution is -2.58. The molecule has 21 heteroatoms. The molecule has 1 fully saturated rings. The molecule has 3 aromatic rings. The molecule has 0 saturated carbocycles. The van der Waals surface area contributed by atoms with Gasteiger partial charge in [0.2, 0.25) is 23.6 Å². The molecule has 0 spiro atoms. The number of amides is 4. The molecule has 4 rings (SSSR count). The number of morpholine rings is 1. The number of nitrogens with zero attached hydrogens (tertiary/aromatic N) is 2. The Hall–Kier alpha value is -3.24. The molecule has 1 unspecified atom stereocenters. The van der Waals surface area contributed by atoms with Gasteiger partial charge in [0.05, 0.1) is 62.2 Å². The highest BCUT2D eigenvalue weighted by Crippen LogP contribution is 2.20. The molecule has 0 radical (unpaired) electrons. The van der Waals surface area contributed by atoms with Gasteiger partial charge < -0.3 is 58.4 Å². The van der Waals surface area contributed by atoms with Crippen molar-refractivity contribution in [2.24, 2.45) is 11.7 Å². The lowest BCUT2D eigenvalue weighted by molar-refractivity contribution is -0.133. The van der Waals surface area contributed by atoms with E-state index in [-0.39, 0.29) is 97.9 Å². The van der Waals surface area contributed by atoms with E-state index in [1.807, 2.05) is 61.2 Å². The maximum absolute atomic E-state index is 14.2. The van der Waals surface area contributed by atoms with Gasteiger partial charge in [-0.2, -0.15) is 0 Å². The first-order chi connectivity index (χ1) is 26.1. The van der Waals surface area contributed by atoms with E-state index in [1.54, 1.807) is 10.9 Å². The number of fused-ring (bicyclic) bond motifs is 1. The Morgan fingerprint density at radius 3 is 2.15 bits per heavy atom. The molecule has 5 atom stereocenters. The average Bonchev–Trinajstić information content (AvgIpc) is 3.67. The molecule has 60 heavy (non-hydrogen) atoms. The van der Waals surface area contributed by atoms with E-state index in [0.717, 1.165) is 29.2 Å². The van der Waals surface area contributed by atoms with Gasteiger partial charge in [-0.15, -0.1) is 48.6 Å². The molecule has 2 heterocycles. The van der Waals surface area contributed by atoms with E-state index in [1.165, 1.54) is 11.3 Å². The second kappa shape index (κ2) is 32.5. The normalized spacial score (nSPS) is 14.6. The Balaban J connectivity index is -0.00000541. The van der Waals surface area contributed by atoms with Crippen LogP contribution in [0.2, 0.25) is 0 Å². The number of halogens is 3. The number of ether oxygens (including phenoxy) is 1. The Kier molecular flexibility index (Phi) is 33.0. The molecule has 2 aromatic carbocycles. The van der Waals surface area contributed by atoms with Crippen molar-refractivity contribution in [1.29, 1.82) is 0 Å². The van der Waals surface area contributed by atoms with Crippen LogP contribution in [0.3, 0.4) is 0 Å². The number of aromatic nitrogens is 1. The van der Waals surface area contributed by atoms with E-state index in [4.69, 9.17) is 10.5 Å². The molecule has 1 saturated heterocycles. The van der Waals surface area contributed by atoms with Gasteiger partial charge in [-0.25, -0.2) is 4.98 Å². The number of carbonyl (C=O) groups excluding carboxylic acids is 4. The average molecular weight is 931 g/mol. The minimum absolute atomic E-state index is 0. The number of aliphatic hydroxyl groups excluding tert-OH is 2. The Labute approximate surface area is 374 Å². The third kappa shape index (κ3) is 20.5. The summed E-state index contributed by atoms with van der Waals surface area (Å²) >= 11 is 1.36. The quantitative estimate of drug-likeness (QED) is 0.0665. The van der Waals surface area contributed by atoms with Crippen LogP contribution in [0.25, 0.3) is 10.8 Å². The number of hydrogen-bond donors (Lipinski definition) is 7. The molecule has 4 amide bonds. The molecular formula is C39H66Cl3N7O10S. The van der Waals surface area contributed by atoms with Crippen LogP contribution in [0.1, 0.15) is 57.2 Å². The van der Waals surface area contributed by atoms with Crippen LogP contribution in [0.15, 0.2) is 53.4 Å². The Morgan fingerprint density at radius 1 is 0.867 bits per heavy atom. The highest BCUT2D eigenvalue weighted by molar-refractivity contribution is 7.07. The summed E-state index contributed by atoms with van der Waals surface area (Å²) in [6.45, 7) is 6.50. The zero-order chi connectivity index (χ0) is 38.9. The van der Waals surface area contributed by atoms with Crippen LogP contribution in [-0.4, -0.2) is 136 Å². The molecule has 1 aromatic heterocycles. The van der Waals surface area contributed by atoms with Crippen molar-refractivity contribution in [2.75, 3.05) is 46.0 Å². The van der Waals surface area contributed by atoms with Gasteiger partial charge in [-0.3, -0.25) is 24.1 Å². The first-order valence-electron chi connectivity index (χ1n) is 18.9. The van der Waals surface area contributed by atoms with Crippen molar-refractivity contribution in [2.45, 2.75) is 89.1 Å². The molecular weight excluding hydrogens is 865 g/mol. The Bertz CT molecular complexity index is 1640. The molecule has 0 aliphatic carbocycles. The third-order valence-corrected chi connectivity index (χ3v) is 10.1. The first kappa shape index (κ1) is 61.1. The Morgan fingerprint density at radius 2 is 1.52 bits per heavy atom. The maximum Gasteiger partial charge on any atom is 0.243 e. The number of carbonyl (C=O) groups is 4. The summed E-state index contributed by atoms with van der Waals surface area (Å²) in [4.78, 5) is 60.9. The summed E-state index contributed by atoms with van der Waals surface area (Å²) in [7, 11) is 0. The first-order valence-corrected chi connectivity index (χ1v) is 19.8. The fourth-order valence-electron chi connectivity index (χ4n) is 6.60. The molecule has 344 valence electrons. The van der Waals surface area contributed by atoms with Crippen molar-refractivity contribution in [3.8, 4) is 0 Å². The highest BCUT2D eigenvalue weighted by Gasteiger charge is 2.32. The van der Waals surface area contributed by atoms with Crippen LogP contribution < -0.4 is 27.0 Å². The molecule has 1 aliphatic heterocycles. The largest absolute Gasteiger partial charge is 0.412 e. The molecule has 14 N–H and O–H groups in total. The van der Waals surface area contributed by atoms with Crippen LogP contribution in [0.4, 0.5) is 0 Å². The van der Waals surface area contributed by atoms with Crippen molar-refractivity contribution >= 4 is 83.0 Å². The van der Waals surface area contributed by atoms with Crippen molar-refractivity contribution in [3.05, 3.63) is 64.6 Å². The number of hydrogen-bond acceptors (Lipinski definition) is 11. The number of unbranched alkanes of at least 4 members (excludes halogenated alkanes) is 1. The van der Waals surface area contributed by atoms with Crippen LogP contribution in [0.5, 0.6) is 0 Å². The van der Waals surface area contributed by atoms with Gasteiger partial charge >= 0.3 is 0 Å². The van der Waals surface area contributed by atoms with Crippen LogP contribution in [-0.2, 0) is 36.8 Å². The van der Waals surface area contributed by atoms with Gasteiger partial charge in [0.25, 0.3) is 0 Å². The number of nitrogens with two attached hydrogens (primary N) is 1. The summed E-state index contributed by atoms with van der Waals surface area (Å²) in [6.07, 6.45) is 1.12. The summed E-state index contributed by atoms with van der Waals surface area (Å²) in [5.41, 5.74) is 8.66. The monoisotopic (exact) mass is 929 g/mol. The number of aliphatic hydroxyl groups is 2. The minimum atomic E-state index is -1.24. The van der Waals surface area contributed by atoms with Gasteiger partial charge in [-0.1, -0.05) is 62.7 Å². The van der Waals surface area contributed by atoms with Crippen molar-refractivity contribution in [1.82, 2.24) is 31.2 Å². The fourth-order valence-corrected chi connectivity index (χ4v) is 7.17. The topological polar surface area (TPSA) is 303 Å². The fraction of sp³-hybridized carbons (Fsp3) is 0.564. The van der Waals surface area contributed by atoms with Gasteiger partial charge in [0.1, 0.15) is 12.1 Å². The third-order valence-electron chi connectivity index (χ3n) is 9.46. The number of nitrogens with one attached hydrogen (secondary N) is 4. The highest BCUT2D eigenvalue weighted by atomic mass is 35.5. The lowest BCUT2D eigenvalue weighted by atomic mass is 9.96. The molecule has 0 bridgehead atoms. The molecule has 1 aliphatic rings. The second-order valence-electron chi connectivity index (χ2n) is 14.3. The van der Waals surface area contributed by atoms with Gasteiger partial charge in [-0.05, 0) is 48.1 Å². The van der Waals surface area contributed by atoms with Gasteiger partial charge in [0.15, 0.2) is 0 Å². The standard InChI is InChI=1S/C39H57N7O7S.3ClH.3H2O/c1-26(2)18-32(35(48)21-36(49)42-29(23-47)11-5-6-13-40)44-39(52)34(20-30-24-54-25-41-30)45-38(51)33(43-37(50)22-46-14-16-53-17-15-46)19-28-10-7-9-27-8-3-4-12-31(27)28;;;;;;/h3-4,7-10,12,24-26,29,32-35,47-48H,5-6,11,13-23,40H2,1-2H3,(H,42,49)(H,43,50)(H,44,52)(H,45,51);3*1H;3*1H2/t29-,32-,33-,34?,35-;;;;;;/m0....../s1. The summed E-state index contributed by atoms with van der Waals surface area (Å²) in [6, 6.07) is 10.2. The zero-order valence-electron chi connectivity index (χ0n) is 34.1.